The van der Waals surface area contributed by atoms with Gasteiger partial charge in [-0.2, -0.15) is 11.3 Å². The van der Waals surface area contributed by atoms with E-state index in [2.05, 4.69) is 62.0 Å². The van der Waals surface area contributed by atoms with Crippen molar-refractivity contribution in [2.75, 3.05) is 21.1 Å². The number of rotatable bonds is 8. The molecule has 0 aliphatic heterocycles. The average Bonchev–Trinajstić information content (AvgIpc) is 2.87. The van der Waals surface area contributed by atoms with Crippen molar-refractivity contribution in [2.45, 2.75) is 51.1 Å². The van der Waals surface area contributed by atoms with Crippen molar-refractivity contribution in [3.8, 4) is 0 Å². The molecule has 2 nitrogen and oxygen atoms in total. The lowest BCUT2D eigenvalue weighted by molar-refractivity contribution is 0.0879. The van der Waals surface area contributed by atoms with E-state index in [4.69, 9.17) is 0 Å². The van der Waals surface area contributed by atoms with Crippen LogP contribution >= 0.6 is 11.3 Å². The van der Waals surface area contributed by atoms with Crippen LogP contribution in [-0.4, -0.2) is 37.6 Å². The van der Waals surface area contributed by atoms with Crippen LogP contribution in [0.2, 0.25) is 0 Å². The van der Waals surface area contributed by atoms with E-state index in [9.17, 15) is 0 Å². The van der Waals surface area contributed by atoms with E-state index >= 15 is 0 Å². The Kier molecular flexibility index (Phi) is 6.33. The van der Waals surface area contributed by atoms with E-state index in [0.717, 1.165) is 0 Å². The molecular weight excluding hydrogens is 240 g/mol. The monoisotopic (exact) mass is 268 g/mol. The minimum atomic E-state index is 0.269. The van der Waals surface area contributed by atoms with Gasteiger partial charge < -0.3 is 10.2 Å². The van der Waals surface area contributed by atoms with Crippen molar-refractivity contribution in [1.29, 1.82) is 0 Å². The number of nitrogens with one attached hydrogen (secondary N) is 1. The number of thiophene rings is 1. The summed E-state index contributed by atoms with van der Waals surface area (Å²) in [7, 11) is 6.52. The molecule has 3 heteroatoms. The Labute approximate surface area is 116 Å². The predicted octanol–water partition coefficient (Wildman–Crippen LogP) is 3.39. The first-order valence-corrected chi connectivity index (χ1v) is 7.90. The van der Waals surface area contributed by atoms with E-state index in [0.29, 0.717) is 6.04 Å². The lowest BCUT2D eigenvalue weighted by Gasteiger charge is -2.45. The van der Waals surface area contributed by atoms with E-state index in [1.807, 2.05) is 0 Å². The van der Waals surface area contributed by atoms with Gasteiger partial charge in [0.1, 0.15) is 0 Å². The topological polar surface area (TPSA) is 15.3 Å². The smallest absolute Gasteiger partial charge is 0.0351 e. The third kappa shape index (κ3) is 3.34. The summed E-state index contributed by atoms with van der Waals surface area (Å²) in [6.45, 7) is 4.61. The molecule has 1 rings (SSSR count). The summed E-state index contributed by atoms with van der Waals surface area (Å²) in [5, 5.41) is 7.99. The third-order valence-corrected chi connectivity index (χ3v) is 5.15. The first-order chi connectivity index (χ1) is 8.60. The fraction of sp³-hybridized carbons (Fsp3) is 0.733. The Bertz CT molecular complexity index is 315. The van der Waals surface area contributed by atoms with Crippen molar-refractivity contribution in [2.24, 2.45) is 0 Å². The normalized spacial score (nSPS) is 14.1. The zero-order valence-corrected chi connectivity index (χ0v) is 13.3. The molecule has 18 heavy (non-hydrogen) atoms. The largest absolute Gasteiger partial charge is 0.315 e. The summed E-state index contributed by atoms with van der Waals surface area (Å²) < 4.78 is 0. The highest BCUT2D eigenvalue weighted by Crippen LogP contribution is 2.28. The molecule has 1 aromatic heterocycles. The van der Waals surface area contributed by atoms with Crippen LogP contribution in [0, 0.1) is 0 Å². The molecule has 0 saturated heterocycles. The van der Waals surface area contributed by atoms with Crippen LogP contribution in [0.4, 0.5) is 0 Å². The van der Waals surface area contributed by atoms with Crippen LogP contribution < -0.4 is 5.32 Å². The summed E-state index contributed by atoms with van der Waals surface area (Å²) in [5.74, 6) is 0. The van der Waals surface area contributed by atoms with Gasteiger partial charge in [-0.3, -0.25) is 0 Å². The Hall–Kier alpha value is -0.380. The third-order valence-electron chi connectivity index (χ3n) is 4.41. The highest BCUT2D eigenvalue weighted by molar-refractivity contribution is 7.07. The van der Waals surface area contributed by atoms with Crippen molar-refractivity contribution >= 4 is 11.3 Å². The molecular formula is C15H28N2S. The summed E-state index contributed by atoms with van der Waals surface area (Å²) >= 11 is 1.79. The van der Waals surface area contributed by atoms with Gasteiger partial charge in [-0.05, 0) is 69.2 Å². The van der Waals surface area contributed by atoms with Gasteiger partial charge in [-0.15, -0.1) is 0 Å². The lowest BCUT2D eigenvalue weighted by Crippen LogP contribution is -2.57. The van der Waals surface area contributed by atoms with Crippen LogP contribution in [0.5, 0.6) is 0 Å². The molecule has 1 N–H and O–H groups in total. The molecule has 0 aromatic carbocycles. The lowest BCUT2D eigenvalue weighted by atomic mass is 9.80. The van der Waals surface area contributed by atoms with Gasteiger partial charge in [0.05, 0.1) is 0 Å². The van der Waals surface area contributed by atoms with Crippen LogP contribution in [0.25, 0.3) is 0 Å². The van der Waals surface area contributed by atoms with Crippen LogP contribution in [0.15, 0.2) is 16.8 Å². The molecule has 0 radical (unpaired) electrons. The molecule has 0 fully saturated rings. The molecule has 1 heterocycles. The summed E-state index contributed by atoms with van der Waals surface area (Å²) in [6.07, 6.45) is 4.75. The molecule has 0 aliphatic rings. The second-order valence-corrected chi connectivity index (χ2v) is 6.00. The van der Waals surface area contributed by atoms with Crippen LogP contribution in [0.3, 0.4) is 0 Å². The quantitative estimate of drug-likeness (QED) is 0.777. The number of hydrogen-bond acceptors (Lipinski definition) is 3. The first-order valence-electron chi connectivity index (χ1n) is 6.96. The predicted molar refractivity (Wildman–Crippen MR) is 82.5 cm³/mol. The second kappa shape index (κ2) is 7.27. The van der Waals surface area contributed by atoms with Gasteiger partial charge in [0, 0.05) is 11.6 Å². The zero-order chi connectivity index (χ0) is 13.6. The molecule has 1 aromatic rings. The van der Waals surface area contributed by atoms with Crippen LogP contribution in [0.1, 0.15) is 38.7 Å². The van der Waals surface area contributed by atoms with Crippen molar-refractivity contribution in [3.63, 3.8) is 0 Å². The highest BCUT2D eigenvalue weighted by atomic mass is 32.1. The molecule has 104 valence electrons. The van der Waals surface area contributed by atoms with E-state index in [-0.39, 0.29) is 5.54 Å². The van der Waals surface area contributed by atoms with Gasteiger partial charge in [0.15, 0.2) is 0 Å². The van der Waals surface area contributed by atoms with Crippen molar-refractivity contribution in [1.82, 2.24) is 10.2 Å². The SMILES string of the molecule is CCC(CC)(C(CCc1ccsc1)NC)N(C)C. The van der Waals surface area contributed by atoms with Crippen molar-refractivity contribution < 1.29 is 0 Å². The molecule has 0 amide bonds. The first kappa shape index (κ1) is 15.7. The zero-order valence-electron chi connectivity index (χ0n) is 12.5. The fourth-order valence-electron chi connectivity index (χ4n) is 3.11. The second-order valence-electron chi connectivity index (χ2n) is 5.22. The maximum absolute atomic E-state index is 3.55. The Morgan fingerprint density at radius 1 is 1.33 bits per heavy atom. The van der Waals surface area contributed by atoms with Gasteiger partial charge in [0.2, 0.25) is 0 Å². The Morgan fingerprint density at radius 2 is 2.00 bits per heavy atom. The molecule has 0 spiro atoms. The Balaban J connectivity index is 2.73. The van der Waals surface area contributed by atoms with Crippen LogP contribution in [-0.2, 0) is 6.42 Å². The molecule has 0 aliphatic carbocycles. The van der Waals surface area contributed by atoms with Gasteiger partial charge >= 0.3 is 0 Å². The molecule has 0 saturated carbocycles. The average molecular weight is 268 g/mol. The number of likely N-dealkylation sites (N-methyl/N-ethyl adjacent to an activating group) is 2. The van der Waals surface area contributed by atoms with Crippen molar-refractivity contribution in [3.05, 3.63) is 22.4 Å². The maximum atomic E-state index is 3.55. The standard InChI is InChI=1S/C15H28N2S/c1-6-15(7-2,17(4)5)14(16-3)9-8-13-10-11-18-12-13/h10-12,14,16H,6-9H2,1-5H3. The van der Waals surface area contributed by atoms with Gasteiger partial charge in [-0.1, -0.05) is 13.8 Å². The fourth-order valence-corrected chi connectivity index (χ4v) is 3.82. The number of hydrogen-bond donors (Lipinski definition) is 1. The number of aryl methyl sites for hydroxylation is 1. The minimum absolute atomic E-state index is 0.269. The molecule has 0 bridgehead atoms. The molecule has 1 unspecified atom stereocenters. The summed E-state index contributed by atoms with van der Waals surface area (Å²) in [5.41, 5.74) is 1.74. The van der Waals surface area contributed by atoms with E-state index in [1.54, 1.807) is 11.3 Å². The molecule has 1 atom stereocenters. The summed E-state index contributed by atoms with van der Waals surface area (Å²) in [6, 6.07) is 2.79. The highest BCUT2D eigenvalue weighted by Gasteiger charge is 2.36. The minimum Gasteiger partial charge on any atom is -0.315 e. The Morgan fingerprint density at radius 3 is 2.39 bits per heavy atom. The summed E-state index contributed by atoms with van der Waals surface area (Å²) in [4.78, 5) is 2.40. The van der Waals surface area contributed by atoms with E-state index < -0.39 is 0 Å². The van der Waals surface area contributed by atoms with E-state index in [1.165, 1.54) is 31.2 Å². The van der Waals surface area contributed by atoms with Gasteiger partial charge in [-0.25, -0.2) is 0 Å². The number of nitrogens with zero attached hydrogens (tertiary/aromatic N) is 1. The van der Waals surface area contributed by atoms with Gasteiger partial charge in [0.25, 0.3) is 0 Å². The maximum Gasteiger partial charge on any atom is 0.0351 e.